The Kier molecular flexibility index (Phi) is 4.06. The average molecular weight is 243 g/mol. The SMILES string of the molecule is CC(=O)/C(C=O)=C/c1cccc(Cl)c1Cl. The van der Waals surface area contributed by atoms with Gasteiger partial charge in [-0.1, -0.05) is 35.3 Å². The zero-order valence-corrected chi connectivity index (χ0v) is 9.47. The van der Waals surface area contributed by atoms with E-state index in [9.17, 15) is 9.59 Å². The molecule has 15 heavy (non-hydrogen) atoms. The van der Waals surface area contributed by atoms with Gasteiger partial charge in [0.2, 0.25) is 0 Å². The highest BCUT2D eigenvalue weighted by Gasteiger charge is 2.06. The second kappa shape index (κ2) is 5.10. The first kappa shape index (κ1) is 12.0. The maximum atomic E-state index is 11.0. The number of benzene rings is 1. The van der Waals surface area contributed by atoms with Crippen molar-refractivity contribution in [3.8, 4) is 0 Å². The molecule has 1 aromatic rings. The summed E-state index contributed by atoms with van der Waals surface area (Å²) in [7, 11) is 0. The molecule has 0 aliphatic heterocycles. The van der Waals surface area contributed by atoms with Crippen LogP contribution in [0.15, 0.2) is 23.8 Å². The van der Waals surface area contributed by atoms with E-state index in [0.717, 1.165) is 0 Å². The molecular weight excluding hydrogens is 235 g/mol. The van der Waals surface area contributed by atoms with Crippen LogP contribution in [0.25, 0.3) is 6.08 Å². The van der Waals surface area contributed by atoms with Crippen molar-refractivity contribution in [1.29, 1.82) is 0 Å². The predicted octanol–water partition coefficient (Wildman–Crippen LogP) is 3.16. The average Bonchev–Trinajstić information content (AvgIpc) is 2.19. The first-order valence-electron chi connectivity index (χ1n) is 4.18. The van der Waals surface area contributed by atoms with Gasteiger partial charge in [0.15, 0.2) is 12.1 Å². The van der Waals surface area contributed by atoms with Crippen molar-refractivity contribution >= 4 is 41.3 Å². The van der Waals surface area contributed by atoms with Gasteiger partial charge >= 0.3 is 0 Å². The minimum atomic E-state index is -0.305. The van der Waals surface area contributed by atoms with Gasteiger partial charge in [0.1, 0.15) is 0 Å². The molecule has 0 aromatic heterocycles. The smallest absolute Gasteiger partial charge is 0.163 e. The molecule has 0 radical (unpaired) electrons. The monoisotopic (exact) mass is 242 g/mol. The number of hydrogen-bond acceptors (Lipinski definition) is 2. The normalized spacial score (nSPS) is 11.3. The van der Waals surface area contributed by atoms with Gasteiger partial charge in [-0.25, -0.2) is 0 Å². The van der Waals surface area contributed by atoms with Crippen LogP contribution in [0.3, 0.4) is 0 Å². The molecule has 0 amide bonds. The molecule has 0 unspecified atom stereocenters. The first-order valence-corrected chi connectivity index (χ1v) is 4.93. The largest absolute Gasteiger partial charge is 0.298 e. The Morgan fingerprint density at radius 1 is 1.33 bits per heavy atom. The van der Waals surface area contributed by atoms with Crippen LogP contribution in [-0.4, -0.2) is 12.1 Å². The third-order valence-electron chi connectivity index (χ3n) is 1.83. The van der Waals surface area contributed by atoms with Crippen molar-refractivity contribution in [3.05, 3.63) is 39.4 Å². The van der Waals surface area contributed by atoms with Gasteiger partial charge in [0.25, 0.3) is 0 Å². The highest BCUT2D eigenvalue weighted by Crippen LogP contribution is 2.27. The summed E-state index contributed by atoms with van der Waals surface area (Å²) in [5.41, 5.74) is 0.626. The van der Waals surface area contributed by atoms with E-state index in [2.05, 4.69) is 0 Å². The summed E-state index contributed by atoms with van der Waals surface area (Å²) in [5, 5.41) is 0.721. The van der Waals surface area contributed by atoms with Crippen LogP contribution in [0.2, 0.25) is 10.0 Å². The highest BCUT2D eigenvalue weighted by atomic mass is 35.5. The fourth-order valence-corrected chi connectivity index (χ4v) is 1.38. The lowest BCUT2D eigenvalue weighted by Crippen LogP contribution is -1.97. The zero-order chi connectivity index (χ0) is 11.4. The second-order valence-electron chi connectivity index (χ2n) is 2.92. The van der Waals surface area contributed by atoms with Gasteiger partial charge in [-0.3, -0.25) is 9.59 Å². The lowest BCUT2D eigenvalue weighted by atomic mass is 10.1. The number of Topliss-reactive ketones (excluding diaryl/α,β-unsaturated/α-hetero) is 1. The molecule has 78 valence electrons. The van der Waals surface area contributed by atoms with Crippen molar-refractivity contribution in [1.82, 2.24) is 0 Å². The summed E-state index contributed by atoms with van der Waals surface area (Å²) in [5.74, 6) is -0.305. The molecule has 0 aliphatic carbocycles. The molecule has 0 saturated carbocycles. The van der Waals surface area contributed by atoms with E-state index in [1.54, 1.807) is 18.2 Å². The summed E-state index contributed by atoms with van der Waals surface area (Å²) in [6.07, 6.45) is 1.92. The molecule has 1 aromatic carbocycles. The molecule has 4 heteroatoms. The number of allylic oxidation sites excluding steroid dienone is 1. The number of halogens is 2. The molecular formula is C11H8Cl2O2. The van der Waals surface area contributed by atoms with E-state index in [1.165, 1.54) is 13.0 Å². The van der Waals surface area contributed by atoms with Crippen LogP contribution in [-0.2, 0) is 9.59 Å². The van der Waals surface area contributed by atoms with Crippen molar-refractivity contribution < 1.29 is 9.59 Å². The van der Waals surface area contributed by atoms with Crippen LogP contribution in [0.4, 0.5) is 0 Å². The topological polar surface area (TPSA) is 34.1 Å². The fourth-order valence-electron chi connectivity index (χ4n) is 1.02. The van der Waals surface area contributed by atoms with Crippen LogP contribution >= 0.6 is 23.2 Å². The second-order valence-corrected chi connectivity index (χ2v) is 3.70. The van der Waals surface area contributed by atoms with Crippen LogP contribution in [0.1, 0.15) is 12.5 Å². The zero-order valence-electron chi connectivity index (χ0n) is 7.96. The Morgan fingerprint density at radius 3 is 2.53 bits per heavy atom. The summed E-state index contributed by atoms with van der Waals surface area (Å²) in [4.78, 5) is 21.6. The third-order valence-corrected chi connectivity index (χ3v) is 2.66. The minimum absolute atomic E-state index is 0.0687. The number of aldehydes is 1. The number of rotatable bonds is 3. The first-order chi connectivity index (χ1) is 7.06. The molecule has 0 spiro atoms. The molecule has 0 aliphatic rings. The number of ketones is 1. The fraction of sp³-hybridized carbons (Fsp3) is 0.0909. The van der Waals surface area contributed by atoms with E-state index in [4.69, 9.17) is 23.2 Å². The predicted molar refractivity (Wildman–Crippen MR) is 61.2 cm³/mol. The van der Waals surface area contributed by atoms with E-state index in [0.29, 0.717) is 21.9 Å². The van der Waals surface area contributed by atoms with Crippen molar-refractivity contribution in [2.24, 2.45) is 0 Å². The summed E-state index contributed by atoms with van der Waals surface area (Å²) < 4.78 is 0. The van der Waals surface area contributed by atoms with Crippen LogP contribution in [0.5, 0.6) is 0 Å². The molecule has 0 fully saturated rings. The van der Waals surface area contributed by atoms with Crippen molar-refractivity contribution in [2.45, 2.75) is 6.92 Å². The summed E-state index contributed by atoms with van der Waals surface area (Å²) >= 11 is 11.7. The van der Waals surface area contributed by atoms with Gasteiger partial charge < -0.3 is 0 Å². The Labute approximate surface area is 97.5 Å². The van der Waals surface area contributed by atoms with E-state index >= 15 is 0 Å². The molecule has 0 N–H and O–H groups in total. The molecule has 0 saturated heterocycles. The molecule has 0 bridgehead atoms. The molecule has 2 nitrogen and oxygen atoms in total. The number of carbonyl (C=O) groups excluding carboxylic acids is 2. The van der Waals surface area contributed by atoms with Gasteiger partial charge in [0.05, 0.1) is 15.6 Å². The van der Waals surface area contributed by atoms with Gasteiger partial charge in [-0.2, -0.15) is 0 Å². The van der Waals surface area contributed by atoms with E-state index < -0.39 is 0 Å². The Morgan fingerprint density at radius 2 is 2.00 bits per heavy atom. The van der Waals surface area contributed by atoms with E-state index in [1.807, 2.05) is 0 Å². The van der Waals surface area contributed by atoms with Crippen LogP contribution < -0.4 is 0 Å². The third kappa shape index (κ3) is 2.91. The summed E-state index contributed by atoms with van der Waals surface area (Å²) in [6.45, 7) is 1.32. The maximum absolute atomic E-state index is 11.0. The molecule has 0 atom stereocenters. The van der Waals surface area contributed by atoms with Gasteiger partial charge in [-0.15, -0.1) is 0 Å². The molecule has 1 rings (SSSR count). The maximum Gasteiger partial charge on any atom is 0.163 e. The Hall–Kier alpha value is -1.12. The van der Waals surface area contributed by atoms with Crippen LogP contribution in [0, 0.1) is 0 Å². The highest BCUT2D eigenvalue weighted by molar-refractivity contribution is 6.43. The van der Waals surface area contributed by atoms with Gasteiger partial charge in [0, 0.05) is 0 Å². The Balaban J connectivity index is 3.23. The lowest BCUT2D eigenvalue weighted by Gasteiger charge is -2.01. The minimum Gasteiger partial charge on any atom is -0.298 e. The Bertz CT molecular complexity index is 436. The number of carbonyl (C=O) groups is 2. The van der Waals surface area contributed by atoms with Crippen molar-refractivity contribution in [3.63, 3.8) is 0 Å². The van der Waals surface area contributed by atoms with E-state index in [-0.39, 0.29) is 11.4 Å². The lowest BCUT2D eigenvalue weighted by molar-refractivity contribution is -0.115. The van der Waals surface area contributed by atoms with Gasteiger partial charge in [-0.05, 0) is 24.6 Å². The standard InChI is InChI=1S/C11H8Cl2O2/c1-7(15)9(6-14)5-8-3-2-4-10(12)11(8)13/h2-6H,1H3/b9-5+. The summed E-state index contributed by atoms with van der Waals surface area (Å²) in [6, 6.07) is 5.01. The van der Waals surface area contributed by atoms with Crippen molar-refractivity contribution in [2.75, 3.05) is 0 Å². The number of hydrogen-bond donors (Lipinski definition) is 0. The quantitative estimate of drug-likeness (QED) is 0.353. The molecule has 0 heterocycles.